The molecule has 0 fully saturated rings. The molecule has 5 nitrogen and oxygen atoms in total. The summed E-state index contributed by atoms with van der Waals surface area (Å²) in [6.07, 6.45) is 2.91. The molecule has 0 aliphatic carbocycles. The average molecular weight is 436 g/mol. The molecule has 0 radical (unpaired) electrons. The van der Waals surface area contributed by atoms with Crippen LogP contribution in [-0.2, 0) is 11.3 Å². The van der Waals surface area contributed by atoms with Gasteiger partial charge in [0.15, 0.2) is 0 Å². The van der Waals surface area contributed by atoms with E-state index >= 15 is 0 Å². The van der Waals surface area contributed by atoms with Crippen LogP contribution in [0.5, 0.6) is 0 Å². The van der Waals surface area contributed by atoms with Crippen molar-refractivity contribution < 1.29 is 9.59 Å². The number of aromatic nitrogens is 1. The third-order valence-corrected chi connectivity index (χ3v) is 6.73. The fourth-order valence-electron chi connectivity index (χ4n) is 4.27. The Morgan fingerprint density at radius 1 is 1.16 bits per heavy atom. The molecule has 0 saturated heterocycles. The third kappa shape index (κ3) is 3.85. The topological polar surface area (TPSA) is 54.3 Å². The highest BCUT2D eigenvalue weighted by atomic mass is 32.2. The molecule has 0 bridgehead atoms. The second kappa shape index (κ2) is 8.42. The van der Waals surface area contributed by atoms with Gasteiger partial charge in [-0.3, -0.25) is 14.5 Å². The lowest BCUT2D eigenvalue weighted by Crippen LogP contribution is -2.64. The van der Waals surface area contributed by atoms with Gasteiger partial charge in [-0.2, -0.15) is 0 Å². The summed E-state index contributed by atoms with van der Waals surface area (Å²) in [6.45, 7) is 7.14. The molecule has 31 heavy (non-hydrogen) atoms. The molecule has 2 aromatic carbocycles. The lowest BCUT2D eigenvalue weighted by atomic mass is 9.93. The number of benzene rings is 2. The maximum absolute atomic E-state index is 13.8. The van der Waals surface area contributed by atoms with Gasteiger partial charge >= 0.3 is 0 Å². The maximum atomic E-state index is 13.8. The van der Waals surface area contributed by atoms with Crippen molar-refractivity contribution in [1.29, 1.82) is 0 Å². The Labute approximate surface area is 187 Å². The SMILES string of the molecule is CSc1cccc(N2C(=O)c3cc4ccccc4n3CC2(C)C(=O)NCCC(C)C)c1. The number of nitrogens with one attached hydrogen (secondary N) is 1. The molecule has 4 rings (SSSR count). The summed E-state index contributed by atoms with van der Waals surface area (Å²) < 4.78 is 1.99. The Morgan fingerprint density at radius 2 is 1.94 bits per heavy atom. The molecule has 162 valence electrons. The van der Waals surface area contributed by atoms with E-state index in [1.807, 2.05) is 72.3 Å². The molecule has 1 aliphatic heterocycles. The first-order valence-electron chi connectivity index (χ1n) is 10.7. The summed E-state index contributed by atoms with van der Waals surface area (Å²) in [5.41, 5.74) is 1.29. The highest BCUT2D eigenvalue weighted by Gasteiger charge is 2.48. The lowest BCUT2D eigenvalue weighted by molar-refractivity contribution is -0.126. The van der Waals surface area contributed by atoms with Crippen LogP contribution in [0.3, 0.4) is 0 Å². The van der Waals surface area contributed by atoms with E-state index in [9.17, 15) is 9.59 Å². The summed E-state index contributed by atoms with van der Waals surface area (Å²) >= 11 is 1.62. The van der Waals surface area contributed by atoms with Crippen LogP contribution < -0.4 is 10.2 Å². The number of anilines is 1. The first kappa shape index (κ1) is 21.5. The van der Waals surface area contributed by atoms with E-state index in [1.54, 1.807) is 16.7 Å². The number of para-hydroxylation sites is 1. The smallest absolute Gasteiger partial charge is 0.275 e. The lowest BCUT2D eigenvalue weighted by Gasteiger charge is -2.44. The third-order valence-electron chi connectivity index (χ3n) is 6.00. The van der Waals surface area contributed by atoms with Crippen LogP contribution in [0.25, 0.3) is 10.9 Å². The van der Waals surface area contributed by atoms with Gasteiger partial charge in [0, 0.05) is 28.0 Å². The summed E-state index contributed by atoms with van der Waals surface area (Å²) in [7, 11) is 0. The molecule has 0 saturated carbocycles. The molecule has 1 N–H and O–H groups in total. The number of nitrogens with zero attached hydrogens (tertiary/aromatic N) is 2. The van der Waals surface area contributed by atoms with Gasteiger partial charge in [-0.05, 0) is 55.9 Å². The van der Waals surface area contributed by atoms with Crippen LogP contribution in [0, 0.1) is 5.92 Å². The molecular weight excluding hydrogens is 406 g/mol. The number of carbonyl (C=O) groups is 2. The highest BCUT2D eigenvalue weighted by Crippen LogP contribution is 2.36. The second-order valence-corrected chi connectivity index (χ2v) is 9.61. The first-order chi connectivity index (χ1) is 14.8. The van der Waals surface area contributed by atoms with Gasteiger partial charge < -0.3 is 9.88 Å². The van der Waals surface area contributed by atoms with Crippen molar-refractivity contribution in [2.24, 2.45) is 5.92 Å². The van der Waals surface area contributed by atoms with Gasteiger partial charge in [-0.1, -0.05) is 38.1 Å². The van der Waals surface area contributed by atoms with Gasteiger partial charge in [-0.25, -0.2) is 0 Å². The number of hydrogen-bond donors (Lipinski definition) is 1. The molecule has 6 heteroatoms. The summed E-state index contributed by atoms with van der Waals surface area (Å²) in [5, 5.41) is 4.10. The van der Waals surface area contributed by atoms with Crippen molar-refractivity contribution >= 4 is 40.2 Å². The number of fused-ring (bicyclic) bond motifs is 3. The second-order valence-electron chi connectivity index (χ2n) is 8.73. The zero-order chi connectivity index (χ0) is 22.2. The van der Waals surface area contributed by atoms with E-state index in [0.717, 1.165) is 27.9 Å². The maximum Gasteiger partial charge on any atom is 0.275 e. The number of hydrogen-bond acceptors (Lipinski definition) is 3. The number of carbonyl (C=O) groups excluding carboxylic acids is 2. The minimum atomic E-state index is -1.04. The minimum absolute atomic E-state index is 0.125. The van der Waals surface area contributed by atoms with Crippen LogP contribution in [-0.4, -0.2) is 34.7 Å². The van der Waals surface area contributed by atoms with Crippen molar-refractivity contribution in [1.82, 2.24) is 9.88 Å². The van der Waals surface area contributed by atoms with Crippen LogP contribution in [0.2, 0.25) is 0 Å². The van der Waals surface area contributed by atoms with Crippen LogP contribution >= 0.6 is 11.8 Å². The largest absolute Gasteiger partial charge is 0.354 e. The highest BCUT2D eigenvalue weighted by molar-refractivity contribution is 7.98. The van der Waals surface area contributed by atoms with Crippen molar-refractivity contribution in [2.45, 2.75) is 44.2 Å². The first-order valence-corrected chi connectivity index (χ1v) is 11.9. The number of amides is 2. The summed E-state index contributed by atoms with van der Waals surface area (Å²) in [6, 6.07) is 17.7. The molecule has 0 spiro atoms. The number of rotatable bonds is 6. The Balaban J connectivity index is 1.82. The average Bonchev–Trinajstić information content (AvgIpc) is 3.12. The molecule has 1 atom stereocenters. The van der Waals surface area contributed by atoms with E-state index in [0.29, 0.717) is 24.7 Å². The van der Waals surface area contributed by atoms with Crippen molar-refractivity contribution in [2.75, 3.05) is 17.7 Å². The van der Waals surface area contributed by atoms with Crippen molar-refractivity contribution in [3.05, 3.63) is 60.3 Å². The van der Waals surface area contributed by atoms with Gasteiger partial charge in [0.2, 0.25) is 5.91 Å². The van der Waals surface area contributed by atoms with Gasteiger partial charge in [0.1, 0.15) is 11.2 Å². The fourth-order valence-corrected chi connectivity index (χ4v) is 4.72. The van der Waals surface area contributed by atoms with Gasteiger partial charge in [-0.15, -0.1) is 11.8 Å². The molecule has 3 aromatic rings. The van der Waals surface area contributed by atoms with Crippen molar-refractivity contribution in [3.63, 3.8) is 0 Å². The van der Waals surface area contributed by atoms with Gasteiger partial charge in [0.25, 0.3) is 5.91 Å². The standard InChI is InChI=1S/C25H29N3O2S/c1-17(2)12-13-26-24(30)25(3)16-27-21-11-6-5-8-18(21)14-22(27)23(29)28(25)19-9-7-10-20(15-19)31-4/h5-11,14-15,17H,12-13,16H2,1-4H3,(H,26,30). The zero-order valence-corrected chi connectivity index (χ0v) is 19.3. The summed E-state index contributed by atoms with van der Waals surface area (Å²) in [5.74, 6) is 0.220. The fraction of sp³-hybridized carbons (Fsp3) is 0.360. The predicted molar refractivity (Wildman–Crippen MR) is 128 cm³/mol. The van der Waals surface area contributed by atoms with Crippen LogP contribution in [0.15, 0.2) is 59.5 Å². The quantitative estimate of drug-likeness (QED) is 0.558. The Hall–Kier alpha value is -2.73. The molecule has 1 unspecified atom stereocenters. The molecule has 2 amide bonds. The molecule has 1 aromatic heterocycles. The Morgan fingerprint density at radius 3 is 2.68 bits per heavy atom. The van der Waals surface area contributed by atoms with Crippen LogP contribution in [0.1, 0.15) is 37.7 Å². The minimum Gasteiger partial charge on any atom is -0.354 e. The molecule has 2 heterocycles. The Kier molecular flexibility index (Phi) is 5.84. The zero-order valence-electron chi connectivity index (χ0n) is 18.5. The van der Waals surface area contributed by atoms with E-state index in [2.05, 4.69) is 19.2 Å². The van der Waals surface area contributed by atoms with Crippen LogP contribution in [0.4, 0.5) is 5.69 Å². The predicted octanol–water partition coefficient (Wildman–Crippen LogP) is 4.94. The van der Waals surface area contributed by atoms with E-state index < -0.39 is 5.54 Å². The number of thioether (sulfide) groups is 1. The Bertz CT molecular complexity index is 1140. The summed E-state index contributed by atoms with van der Waals surface area (Å²) in [4.78, 5) is 30.1. The van der Waals surface area contributed by atoms with E-state index in [1.165, 1.54) is 0 Å². The van der Waals surface area contributed by atoms with Crippen molar-refractivity contribution in [3.8, 4) is 0 Å². The monoisotopic (exact) mass is 435 g/mol. The van der Waals surface area contributed by atoms with E-state index in [-0.39, 0.29) is 11.8 Å². The molecule has 1 aliphatic rings. The van der Waals surface area contributed by atoms with E-state index in [4.69, 9.17) is 0 Å². The normalized spacial score (nSPS) is 18.5. The van der Waals surface area contributed by atoms with Gasteiger partial charge in [0.05, 0.1) is 6.54 Å². The molecular formula is C25H29N3O2S.